The molecule has 0 saturated carbocycles. The molecule has 4 rings (SSSR count). The zero-order valence-electron chi connectivity index (χ0n) is 29.1. The largest absolute Gasteiger partial charge is 0.480 e. The van der Waals surface area contributed by atoms with Crippen LogP contribution in [-0.4, -0.2) is 59.8 Å². The van der Waals surface area contributed by atoms with E-state index in [0.717, 1.165) is 33.7 Å². The molecule has 0 radical (unpaired) electrons. The summed E-state index contributed by atoms with van der Waals surface area (Å²) >= 11 is 0. The van der Waals surface area contributed by atoms with Crippen molar-refractivity contribution in [1.29, 1.82) is 5.41 Å². The Morgan fingerprint density at radius 3 is 1.98 bits per heavy atom. The van der Waals surface area contributed by atoms with Gasteiger partial charge in [-0.1, -0.05) is 78.9 Å². The second-order valence-electron chi connectivity index (χ2n) is 11.9. The molecule has 0 heterocycles. The molecule has 4 aromatic rings. The zero-order chi connectivity index (χ0) is 38.5. The van der Waals surface area contributed by atoms with Gasteiger partial charge in [-0.05, 0) is 66.1 Å². The van der Waals surface area contributed by atoms with Crippen LogP contribution in [-0.2, 0) is 20.9 Å². The van der Waals surface area contributed by atoms with E-state index in [4.69, 9.17) is 10.1 Å². The van der Waals surface area contributed by atoms with Crippen molar-refractivity contribution in [3.63, 3.8) is 0 Å². The highest BCUT2D eigenvalue weighted by atomic mass is 19.1. The number of ether oxygens (including phenoxy) is 1. The number of hydrogen-bond acceptors (Lipinski definition) is 6. The molecule has 272 valence electrons. The smallest absolute Gasteiger partial charge is 0.323 e. The summed E-state index contributed by atoms with van der Waals surface area (Å²) in [6, 6.07) is 27.1. The number of nitrogens with one attached hydrogen (secondary N) is 3. The van der Waals surface area contributed by atoms with Crippen LogP contribution >= 0.6 is 0 Å². The zero-order valence-corrected chi connectivity index (χ0v) is 29.1. The molecule has 0 bridgehead atoms. The number of anilines is 1. The van der Waals surface area contributed by atoms with Crippen LogP contribution in [0.1, 0.15) is 43.8 Å². The molecule has 0 aromatic heterocycles. The van der Waals surface area contributed by atoms with Crippen LogP contribution in [0.25, 0.3) is 11.1 Å². The molecule has 53 heavy (non-hydrogen) atoms. The highest BCUT2D eigenvalue weighted by molar-refractivity contribution is 6.11. The van der Waals surface area contributed by atoms with E-state index in [1.54, 1.807) is 36.4 Å². The van der Waals surface area contributed by atoms with Gasteiger partial charge in [-0.15, -0.1) is 0 Å². The standard InChI is InChI=1S/C41H38F2N4O6/c1-4-5-35(42)34(36(43)25-53-3)22-37(48)45-33-20-18-32(19-21-33)41(52)47(24-38(49)50)23-27-8-12-30(13-9-27)39(44)46-40(51)31-16-14-29(15-17-31)28-10-6-26(2)7-11-28/h4-21H,1,22-25H2,2-3H3,(H,45,48)(H,49,50)(H2,44,46,51)/b35-5+,36-34+. The van der Waals surface area contributed by atoms with E-state index in [9.17, 15) is 33.1 Å². The SMILES string of the molecule is C=C/C=C(F)\C(CC(=O)Nc1ccc(C(=O)N(CC(=O)O)Cc2ccc(C(=N)NC(=O)c3ccc(-c4ccc(C)cc4)cc3)cc2)cc1)=C(\F)COC. The highest BCUT2D eigenvalue weighted by Gasteiger charge is 2.21. The van der Waals surface area contributed by atoms with Crippen molar-refractivity contribution in [2.75, 3.05) is 25.6 Å². The minimum Gasteiger partial charge on any atom is -0.480 e. The van der Waals surface area contributed by atoms with Crippen LogP contribution in [0.3, 0.4) is 0 Å². The van der Waals surface area contributed by atoms with Crippen molar-refractivity contribution in [3.05, 3.63) is 161 Å². The predicted molar refractivity (Wildman–Crippen MR) is 199 cm³/mol. The van der Waals surface area contributed by atoms with Crippen LogP contribution in [0.5, 0.6) is 0 Å². The number of hydrogen-bond donors (Lipinski definition) is 4. The van der Waals surface area contributed by atoms with Gasteiger partial charge in [0, 0.05) is 41.6 Å². The fourth-order valence-electron chi connectivity index (χ4n) is 5.15. The number of rotatable bonds is 15. The molecule has 0 unspecified atom stereocenters. The van der Waals surface area contributed by atoms with E-state index in [1.807, 2.05) is 43.3 Å². The van der Waals surface area contributed by atoms with Crippen molar-refractivity contribution in [2.45, 2.75) is 19.9 Å². The molecule has 0 aliphatic heterocycles. The van der Waals surface area contributed by atoms with E-state index >= 15 is 0 Å². The monoisotopic (exact) mass is 720 g/mol. The number of aliphatic carboxylic acids is 1. The number of carbonyl (C=O) groups excluding carboxylic acids is 3. The van der Waals surface area contributed by atoms with Gasteiger partial charge in [-0.3, -0.25) is 24.6 Å². The molecular weight excluding hydrogens is 682 g/mol. The van der Waals surface area contributed by atoms with Gasteiger partial charge in [0.05, 0.1) is 13.0 Å². The first-order valence-electron chi connectivity index (χ1n) is 16.3. The second kappa shape index (κ2) is 18.6. The van der Waals surface area contributed by atoms with Crippen molar-refractivity contribution >= 4 is 35.2 Å². The maximum atomic E-state index is 14.4. The summed E-state index contributed by atoms with van der Waals surface area (Å²) in [6.07, 6.45) is 1.41. The summed E-state index contributed by atoms with van der Waals surface area (Å²) in [5.41, 5.74) is 4.34. The third kappa shape index (κ3) is 11.2. The number of carboxylic acid groups (broad SMARTS) is 1. The van der Waals surface area contributed by atoms with Gasteiger partial charge >= 0.3 is 5.97 Å². The molecule has 10 nitrogen and oxygen atoms in total. The summed E-state index contributed by atoms with van der Waals surface area (Å²) in [5.74, 6) is -5.09. The first kappa shape index (κ1) is 39.3. The van der Waals surface area contributed by atoms with Crippen LogP contribution in [0.15, 0.2) is 133 Å². The van der Waals surface area contributed by atoms with Gasteiger partial charge < -0.3 is 25.4 Å². The Balaban J connectivity index is 1.37. The number of nitrogens with zero attached hydrogens (tertiary/aromatic N) is 1. The summed E-state index contributed by atoms with van der Waals surface area (Å²) in [5, 5.41) is 23.0. The Hall–Kier alpha value is -6.53. The molecule has 0 fully saturated rings. The maximum absolute atomic E-state index is 14.4. The van der Waals surface area contributed by atoms with Gasteiger partial charge in [0.1, 0.15) is 24.0 Å². The lowest BCUT2D eigenvalue weighted by Crippen LogP contribution is -2.35. The lowest BCUT2D eigenvalue weighted by atomic mass is 10.0. The van der Waals surface area contributed by atoms with Crippen LogP contribution in [0.2, 0.25) is 0 Å². The van der Waals surface area contributed by atoms with E-state index < -0.39 is 60.5 Å². The number of halogens is 2. The minimum atomic E-state index is -1.24. The van der Waals surface area contributed by atoms with E-state index in [1.165, 1.54) is 31.4 Å². The Labute approximate surface area is 305 Å². The molecule has 0 atom stereocenters. The van der Waals surface area contributed by atoms with Gasteiger partial charge in [0.15, 0.2) is 0 Å². The summed E-state index contributed by atoms with van der Waals surface area (Å²) in [4.78, 5) is 51.6. The first-order chi connectivity index (χ1) is 25.4. The molecule has 3 amide bonds. The Bertz CT molecular complexity index is 2040. The average Bonchev–Trinajstić information content (AvgIpc) is 3.14. The van der Waals surface area contributed by atoms with Crippen molar-refractivity contribution < 1.29 is 37.8 Å². The summed E-state index contributed by atoms with van der Waals surface area (Å²) in [6.45, 7) is 4.16. The van der Waals surface area contributed by atoms with Crippen molar-refractivity contribution in [1.82, 2.24) is 10.2 Å². The number of aryl methyl sites for hydroxylation is 1. The molecule has 0 saturated heterocycles. The van der Waals surface area contributed by atoms with E-state index in [-0.39, 0.29) is 23.6 Å². The second-order valence-corrected chi connectivity index (χ2v) is 11.9. The van der Waals surface area contributed by atoms with Gasteiger partial charge in [0.2, 0.25) is 5.91 Å². The number of allylic oxidation sites excluding steroid dienone is 3. The number of amides is 3. The normalized spacial score (nSPS) is 11.6. The molecular formula is C41H38F2N4O6. The molecule has 0 aliphatic rings. The van der Waals surface area contributed by atoms with Crippen molar-refractivity contribution in [2.24, 2.45) is 0 Å². The third-order valence-electron chi connectivity index (χ3n) is 7.90. The third-order valence-corrected chi connectivity index (χ3v) is 7.90. The molecule has 4 aromatic carbocycles. The lowest BCUT2D eigenvalue weighted by molar-refractivity contribution is -0.137. The predicted octanol–water partition coefficient (Wildman–Crippen LogP) is 7.38. The minimum absolute atomic E-state index is 0.0805. The summed E-state index contributed by atoms with van der Waals surface area (Å²) < 4.78 is 33.5. The lowest BCUT2D eigenvalue weighted by Gasteiger charge is -2.21. The van der Waals surface area contributed by atoms with Gasteiger partial charge in [-0.25, -0.2) is 8.78 Å². The number of carboxylic acids is 1. The molecule has 0 spiro atoms. The number of carbonyl (C=O) groups is 4. The molecule has 0 aliphatic carbocycles. The fourth-order valence-corrected chi connectivity index (χ4v) is 5.15. The Morgan fingerprint density at radius 1 is 0.849 bits per heavy atom. The number of methoxy groups -OCH3 is 1. The number of benzene rings is 4. The highest BCUT2D eigenvalue weighted by Crippen LogP contribution is 2.24. The van der Waals surface area contributed by atoms with Gasteiger partial charge in [-0.2, -0.15) is 0 Å². The first-order valence-corrected chi connectivity index (χ1v) is 16.3. The topological polar surface area (TPSA) is 149 Å². The Morgan fingerprint density at radius 2 is 1.42 bits per heavy atom. The quantitative estimate of drug-likeness (QED) is 0.0572. The average molecular weight is 721 g/mol. The van der Waals surface area contributed by atoms with Gasteiger partial charge in [0.25, 0.3) is 11.8 Å². The maximum Gasteiger partial charge on any atom is 0.323 e. The van der Waals surface area contributed by atoms with Crippen molar-refractivity contribution in [3.8, 4) is 11.1 Å². The summed E-state index contributed by atoms with van der Waals surface area (Å²) in [7, 11) is 1.23. The fraction of sp³-hybridized carbons (Fsp3) is 0.146. The molecule has 4 N–H and O–H groups in total. The van der Waals surface area contributed by atoms with Crippen LogP contribution < -0.4 is 10.6 Å². The van der Waals surface area contributed by atoms with Crippen LogP contribution in [0, 0.1) is 12.3 Å². The molecule has 12 heteroatoms. The van der Waals surface area contributed by atoms with E-state index in [0.29, 0.717) is 16.7 Å². The van der Waals surface area contributed by atoms with E-state index in [2.05, 4.69) is 17.2 Å². The van der Waals surface area contributed by atoms with Crippen LogP contribution in [0.4, 0.5) is 14.5 Å². The number of amidine groups is 1. The Kier molecular flexibility index (Phi) is 13.8.